The molecule has 1 fully saturated rings. The summed E-state index contributed by atoms with van der Waals surface area (Å²) in [4.78, 5) is 39.9. The molecule has 0 bridgehead atoms. The Labute approximate surface area is 237 Å². The Morgan fingerprint density at radius 3 is 2.46 bits per heavy atom. The third kappa shape index (κ3) is 6.41. The number of sulfonamides is 1. The van der Waals surface area contributed by atoms with Crippen LogP contribution < -0.4 is 10.0 Å². The summed E-state index contributed by atoms with van der Waals surface area (Å²) in [5.74, 6) is -0.858. The van der Waals surface area contributed by atoms with E-state index in [1.54, 1.807) is 12.1 Å². The average Bonchev–Trinajstić information content (AvgIpc) is 3.50. The summed E-state index contributed by atoms with van der Waals surface area (Å²) in [7, 11) is -4.10. The first kappa shape index (κ1) is 28.3. The number of rotatable bonds is 9. The summed E-state index contributed by atoms with van der Waals surface area (Å²) in [5, 5.41) is 4.03. The number of carbonyl (C=O) groups excluding carboxylic acids is 3. The van der Waals surface area contributed by atoms with Gasteiger partial charge in [0.2, 0.25) is 15.9 Å². The number of para-hydroxylation sites is 1. The maximum Gasteiger partial charge on any atom is 0.408 e. The predicted molar refractivity (Wildman–Crippen MR) is 152 cm³/mol. The highest BCUT2D eigenvalue weighted by Crippen LogP contribution is 2.30. The van der Waals surface area contributed by atoms with Crippen LogP contribution in [0, 0.1) is 5.92 Å². The van der Waals surface area contributed by atoms with Crippen LogP contribution in [0.5, 0.6) is 0 Å². The molecule has 11 heteroatoms. The third-order valence-electron chi connectivity index (χ3n) is 6.92. The molecular formula is C30H31N3O7S. The molecule has 1 aromatic heterocycles. The lowest BCUT2D eigenvalue weighted by molar-refractivity contribution is -0.134. The molecule has 3 aromatic carbocycles. The first-order valence-electron chi connectivity index (χ1n) is 13.3. The number of likely N-dealkylation sites (tertiary alicyclic amines) is 1. The number of hydrogen-bond donors (Lipinski definition) is 2. The third-order valence-corrected chi connectivity index (χ3v) is 8.39. The van der Waals surface area contributed by atoms with E-state index < -0.39 is 39.9 Å². The summed E-state index contributed by atoms with van der Waals surface area (Å²) in [6, 6.07) is 18.9. The molecule has 4 aromatic rings. The molecule has 0 spiro atoms. The zero-order chi connectivity index (χ0) is 29.1. The molecular weight excluding hydrogens is 546 g/mol. The maximum atomic E-state index is 13.4. The van der Waals surface area contributed by atoms with Crippen LogP contribution in [0.15, 0.2) is 82.1 Å². The van der Waals surface area contributed by atoms with Crippen molar-refractivity contribution in [3.8, 4) is 0 Å². The molecule has 10 nitrogen and oxygen atoms in total. The number of nitrogens with zero attached hydrogens (tertiary/aromatic N) is 1. The minimum Gasteiger partial charge on any atom is -0.456 e. The van der Waals surface area contributed by atoms with Gasteiger partial charge < -0.3 is 19.4 Å². The molecule has 1 unspecified atom stereocenters. The van der Waals surface area contributed by atoms with Crippen LogP contribution in [0.4, 0.5) is 4.79 Å². The van der Waals surface area contributed by atoms with Gasteiger partial charge in [-0.25, -0.2) is 13.2 Å². The Balaban J connectivity index is 1.26. The smallest absolute Gasteiger partial charge is 0.408 e. The monoisotopic (exact) mass is 577 g/mol. The van der Waals surface area contributed by atoms with Gasteiger partial charge in [0.1, 0.15) is 23.8 Å². The van der Waals surface area contributed by atoms with Gasteiger partial charge in [-0.15, -0.1) is 0 Å². The number of benzene rings is 3. The first-order valence-corrected chi connectivity index (χ1v) is 14.8. The summed E-state index contributed by atoms with van der Waals surface area (Å²) in [6.45, 7) is 3.43. The first-order chi connectivity index (χ1) is 19.6. The van der Waals surface area contributed by atoms with Crippen LogP contribution >= 0.6 is 0 Å². The van der Waals surface area contributed by atoms with E-state index in [1.165, 1.54) is 17.0 Å². The summed E-state index contributed by atoms with van der Waals surface area (Å²) in [5.41, 5.74) is 1.98. The van der Waals surface area contributed by atoms with Gasteiger partial charge in [0.25, 0.3) is 0 Å². The van der Waals surface area contributed by atoms with Crippen LogP contribution in [0.1, 0.15) is 25.8 Å². The van der Waals surface area contributed by atoms with Crippen molar-refractivity contribution in [3.63, 3.8) is 0 Å². The van der Waals surface area contributed by atoms with E-state index in [9.17, 15) is 22.8 Å². The Bertz CT molecular complexity index is 1700. The van der Waals surface area contributed by atoms with Gasteiger partial charge in [-0.3, -0.25) is 9.59 Å². The number of amides is 2. The largest absolute Gasteiger partial charge is 0.456 e. The van der Waals surface area contributed by atoms with Gasteiger partial charge in [-0.05, 0) is 42.2 Å². The number of fused-ring (bicyclic) bond motifs is 3. The molecule has 2 amide bonds. The molecule has 5 rings (SSSR count). The average molecular weight is 578 g/mol. The van der Waals surface area contributed by atoms with Crippen LogP contribution in [-0.2, 0) is 31.0 Å². The zero-order valence-electron chi connectivity index (χ0n) is 22.7. The number of Topliss-reactive ketones (excluding diaryl/α,β-unsaturated/α-hetero) is 1. The topological polar surface area (TPSA) is 135 Å². The lowest BCUT2D eigenvalue weighted by Crippen LogP contribution is -2.49. The predicted octanol–water partition coefficient (Wildman–Crippen LogP) is 3.99. The van der Waals surface area contributed by atoms with Crippen molar-refractivity contribution in [1.82, 2.24) is 14.9 Å². The van der Waals surface area contributed by atoms with Gasteiger partial charge >= 0.3 is 6.09 Å². The molecule has 0 aliphatic carbocycles. The molecule has 214 valence electrons. The fourth-order valence-corrected chi connectivity index (χ4v) is 6.14. The number of carbonyl (C=O) groups is 3. The van der Waals surface area contributed by atoms with Gasteiger partial charge in [0.15, 0.2) is 5.78 Å². The van der Waals surface area contributed by atoms with E-state index in [-0.39, 0.29) is 30.5 Å². The van der Waals surface area contributed by atoms with Crippen LogP contribution in [0.2, 0.25) is 0 Å². The van der Waals surface area contributed by atoms with Crippen molar-refractivity contribution in [3.05, 3.63) is 78.4 Å². The molecule has 41 heavy (non-hydrogen) atoms. The van der Waals surface area contributed by atoms with Crippen molar-refractivity contribution in [2.24, 2.45) is 5.92 Å². The quantitative estimate of drug-likeness (QED) is 0.307. The van der Waals surface area contributed by atoms with E-state index in [2.05, 4.69) is 10.0 Å². The van der Waals surface area contributed by atoms with Crippen LogP contribution in [0.25, 0.3) is 21.9 Å². The maximum absolute atomic E-state index is 13.4. The Hall–Kier alpha value is -4.22. The Morgan fingerprint density at radius 2 is 1.71 bits per heavy atom. The fraction of sp³-hybridized carbons (Fsp3) is 0.300. The van der Waals surface area contributed by atoms with E-state index >= 15 is 0 Å². The molecule has 2 N–H and O–H groups in total. The highest BCUT2D eigenvalue weighted by atomic mass is 32.2. The van der Waals surface area contributed by atoms with Crippen molar-refractivity contribution < 1.29 is 32.0 Å². The molecule has 1 aliphatic heterocycles. The lowest BCUT2D eigenvalue weighted by Gasteiger charge is -2.25. The highest BCUT2D eigenvalue weighted by molar-refractivity contribution is 7.89. The van der Waals surface area contributed by atoms with E-state index in [0.717, 1.165) is 10.9 Å². The van der Waals surface area contributed by atoms with Crippen molar-refractivity contribution >= 4 is 49.7 Å². The van der Waals surface area contributed by atoms with E-state index in [0.29, 0.717) is 23.0 Å². The summed E-state index contributed by atoms with van der Waals surface area (Å²) in [6.07, 6.45) is -0.434. The number of ether oxygens (including phenoxy) is 1. The van der Waals surface area contributed by atoms with Gasteiger partial charge in [0.05, 0.1) is 17.5 Å². The van der Waals surface area contributed by atoms with E-state index in [4.69, 9.17) is 9.15 Å². The van der Waals surface area contributed by atoms with Crippen LogP contribution in [-0.4, -0.2) is 56.3 Å². The number of hydrogen-bond acceptors (Lipinski definition) is 7. The second-order valence-corrected chi connectivity index (χ2v) is 12.2. The van der Waals surface area contributed by atoms with Gasteiger partial charge in [0, 0.05) is 17.3 Å². The number of alkyl carbamates (subject to hydrolysis) is 1. The molecule has 2 heterocycles. The van der Waals surface area contributed by atoms with E-state index in [1.807, 2.05) is 62.4 Å². The molecule has 2 atom stereocenters. The van der Waals surface area contributed by atoms with Crippen molar-refractivity contribution in [2.75, 3.05) is 13.1 Å². The normalized spacial score (nSPS) is 16.4. The fourth-order valence-electron chi connectivity index (χ4n) is 4.90. The minimum absolute atomic E-state index is 0.0188. The van der Waals surface area contributed by atoms with Crippen molar-refractivity contribution in [2.45, 2.75) is 43.9 Å². The Morgan fingerprint density at radius 1 is 1.00 bits per heavy atom. The SMILES string of the molecule is CC(C)C[C@H](NC(=O)OCc1ccccc1)C(=O)N1CC(=O)C(NS(=O)(=O)c2ccc3oc4ccccc4c3c2)C1. The minimum atomic E-state index is -4.10. The second kappa shape index (κ2) is 11.7. The Kier molecular flexibility index (Phi) is 8.09. The highest BCUT2D eigenvalue weighted by Gasteiger charge is 2.39. The van der Waals surface area contributed by atoms with Crippen molar-refractivity contribution in [1.29, 1.82) is 0 Å². The molecule has 1 aliphatic rings. The van der Waals surface area contributed by atoms with Crippen LogP contribution in [0.3, 0.4) is 0 Å². The molecule has 0 saturated carbocycles. The van der Waals surface area contributed by atoms with Gasteiger partial charge in [-0.1, -0.05) is 62.4 Å². The molecule has 1 saturated heterocycles. The number of furan rings is 1. The summed E-state index contributed by atoms with van der Waals surface area (Å²) < 4.78 is 40.0. The molecule has 0 radical (unpaired) electrons. The zero-order valence-corrected chi connectivity index (χ0v) is 23.5. The second-order valence-electron chi connectivity index (χ2n) is 10.5. The summed E-state index contributed by atoms with van der Waals surface area (Å²) >= 11 is 0. The number of nitrogens with one attached hydrogen (secondary N) is 2. The van der Waals surface area contributed by atoms with Gasteiger partial charge in [-0.2, -0.15) is 4.72 Å². The standard InChI is InChI=1S/C30H31N3O7S/c1-19(2)14-24(31-30(36)39-18-20-8-4-3-5-9-20)29(35)33-16-25(26(34)17-33)32-41(37,38)21-12-13-28-23(15-21)22-10-6-7-11-27(22)40-28/h3-13,15,19,24-25,32H,14,16-18H2,1-2H3,(H,31,36)/t24-,25?/m0/s1. The lowest BCUT2D eigenvalue weighted by atomic mass is 10.0. The number of ketones is 1.